The molecule has 0 spiro atoms. The highest BCUT2D eigenvalue weighted by atomic mass is 35.5. The summed E-state index contributed by atoms with van der Waals surface area (Å²) in [5, 5.41) is 17.1. The van der Waals surface area contributed by atoms with Crippen LogP contribution in [0.1, 0.15) is 10.7 Å². The van der Waals surface area contributed by atoms with E-state index in [4.69, 9.17) is 11.6 Å². The summed E-state index contributed by atoms with van der Waals surface area (Å²) in [5.74, 6) is 0. The van der Waals surface area contributed by atoms with Crippen LogP contribution in [0.3, 0.4) is 0 Å². The van der Waals surface area contributed by atoms with Crippen molar-refractivity contribution in [3.05, 3.63) is 49.4 Å². The van der Waals surface area contributed by atoms with E-state index in [2.05, 4.69) is 10.3 Å². The molecule has 0 bridgehead atoms. The number of anilines is 1. The second kappa shape index (κ2) is 5.99. The van der Waals surface area contributed by atoms with Crippen molar-refractivity contribution in [1.82, 2.24) is 4.98 Å². The van der Waals surface area contributed by atoms with Gasteiger partial charge in [0.25, 0.3) is 5.69 Å². The Morgan fingerprint density at radius 1 is 1.53 bits per heavy atom. The van der Waals surface area contributed by atoms with Gasteiger partial charge < -0.3 is 5.32 Å². The molecular formula is C12H12ClN3O2S. The average molecular weight is 298 g/mol. The van der Waals surface area contributed by atoms with E-state index in [1.165, 1.54) is 12.1 Å². The summed E-state index contributed by atoms with van der Waals surface area (Å²) in [7, 11) is 0. The van der Waals surface area contributed by atoms with Gasteiger partial charge in [-0.25, -0.2) is 4.98 Å². The van der Waals surface area contributed by atoms with Gasteiger partial charge >= 0.3 is 0 Å². The van der Waals surface area contributed by atoms with Gasteiger partial charge in [-0.05, 0) is 13.0 Å². The minimum atomic E-state index is -0.465. The quantitative estimate of drug-likeness (QED) is 0.675. The van der Waals surface area contributed by atoms with Crippen molar-refractivity contribution in [1.29, 1.82) is 0 Å². The van der Waals surface area contributed by atoms with Crippen molar-refractivity contribution in [2.24, 2.45) is 0 Å². The topological polar surface area (TPSA) is 68.1 Å². The molecule has 0 fully saturated rings. The number of non-ortho nitro benzene ring substituents is 1. The Labute approximate surface area is 119 Å². The molecule has 0 aliphatic rings. The number of benzene rings is 1. The van der Waals surface area contributed by atoms with Crippen molar-refractivity contribution in [2.45, 2.75) is 13.3 Å². The number of thiazole rings is 1. The first-order valence-corrected chi connectivity index (χ1v) is 6.91. The zero-order valence-corrected chi connectivity index (χ0v) is 11.8. The minimum Gasteiger partial charge on any atom is -0.383 e. The van der Waals surface area contributed by atoms with Gasteiger partial charge in [-0.3, -0.25) is 10.1 Å². The van der Waals surface area contributed by atoms with E-state index >= 15 is 0 Å². The Morgan fingerprint density at radius 2 is 2.32 bits per heavy atom. The predicted molar refractivity (Wildman–Crippen MR) is 77.2 cm³/mol. The highest BCUT2D eigenvalue weighted by Crippen LogP contribution is 2.26. The molecule has 0 saturated carbocycles. The molecule has 2 aromatic rings. The summed E-state index contributed by atoms with van der Waals surface area (Å²) in [5.41, 5.74) is 1.72. The number of nitrogens with zero attached hydrogens (tertiary/aromatic N) is 2. The lowest BCUT2D eigenvalue weighted by Gasteiger charge is -2.07. The van der Waals surface area contributed by atoms with Crippen LogP contribution in [-0.4, -0.2) is 16.5 Å². The van der Waals surface area contributed by atoms with E-state index in [-0.39, 0.29) is 5.69 Å². The molecule has 5 nitrogen and oxygen atoms in total. The molecule has 0 aliphatic carbocycles. The SMILES string of the molecule is Cc1nc(CCNc2ccc([N+](=O)[O-])cc2Cl)cs1. The van der Waals surface area contributed by atoms with Gasteiger partial charge in [0.1, 0.15) is 0 Å². The number of nitro benzene ring substituents is 1. The maximum Gasteiger partial charge on any atom is 0.271 e. The summed E-state index contributed by atoms with van der Waals surface area (Å²) in [6.07, 6.45) is 0.789. The van der Waals surface area contributed by atoms with E-state index in [1.807, 2.05) is 12.3 Å². The molecule has 19 heavy (non-hydrogen) atoms. The number of nitro groups is 1. The molecule has 0 atom stereocenters. The van der Waals surface area contributed by atoms with Gasteiger partial charge in [0.2, 0.25) is 0 Å². The van der Waals surface area contributed by atoms with Crippen LogP contribution in [0.2, 0.25) is 5.02 Å². The molecule has 0 radical (unpaired) electrons. The molecule has 1 N–H and O–H groups in total. The zero-order chi connectivity index (χ0) is 13.8. The number of hydrogen-bond acceptors (Lipinski definition) is 5. The first-order valence-electron chi connectivity index (χ1n) is 5.65. The summed E-state index contributed by atoms with van der Waals surface area (Å²) < 4.78 is 0. The number of rotatable bonds is 5. The third kappa shape index (κ3) is 3.65. The molecule has 100 valence electrons. The number of nitrogens with one attached hydrogen (secondary N) is 1. The molecule has 0 unspecified atom stereocenters. The Balaban J connectivity index is 1.94. The van der Waals surface area contributed by atoms with Crippen LogP contribution < -0.4 is 5.32 Å². The van der Waals surface area contributed by atoms with Crippen LogP contribution in [0, 0.1) is 17.0 Å². The molecule has 0 aliphatic heterocycles. The lowest BCUT2D eigenvalue weighted by molar-refractivity contribution is -0.384. The normalized spacial score (nSPS) is 10.4. The largest absolute Gasteiger partial charge is 0.383 e. The van der Waals surface area contributed by atoms with Gasteiger partial charge in [-0.1, -0.05) is 11.6 Å². The fourth-order valence-electron chi connectivity index (χ4n) is 1.61. The lowest BCUT2D eigenvalue weighted by Crippen LogP contribution is -2.05. The van der Waals surface area contributed by atoms with Gasteiger partial charge in [0.15, 0.2) is 0 Å². The zero-order valence-electron chi connectivity index (χ0n) is 10.2. The molecule has 0 amide bonds. The fraction of sp³-hybridized carbons (Fsp3) is 0.250. The fourth-order valence-corrected chi connectivity index (χ4v) is 2.50. The van der Waals surface area contributed by atoms with Gasteiger partial charge in [0.05, 0.1) is 26.3 Å². The van der Waals surface area contributed by atoms with Crippen molar-refractivity contribution >= 4 is 34.3 Å². The van der Waals surface area contributed by atoms with Crippen molar-refractivity contribution in [3.63, 3.8) is 0 Å². The first kappa shape index (κ1) is 13.8. The predicted octanol–water partition coefficient (Wildman–Crippen LogP) is 3.67. The highest BCUT2D eigenvalue weighted by Gasteiger charge is 2.09. The number of halogens is 1. The number of aromatic nitrogens is 1. The number of aryl methyl sites for hydroxylation is 1. The standard InChI is InChI=1S/C12H12ClN3O2S/c1-8-15-9(7-19-8)4-5-14-12-3-2-10(16(17)18)6-11(12)13/h2-3,6-7,14H,4-5H2,1H3. The third-order valence-corrected chi connectivity index (χ3v) is 3.66. The molecule has 1 aromatic carbocycles. The summed E-state index contributed by atoms with van der Waals surface area (Å²) in [4.78, 5) is 14.5. The Kier molecular flexibility index (Phi) is 4.34. The second-order valence-electron chi connectivity index (χ2n) is 3.96. The third-order valence-electron chi connectivity index (χ3n) is 2.53. The van der Waals surface area contributed by atoms with Crippen LogP contribution >= 0.6 is 22.9 Å². The van der Waals surface area contributed by atoms with Gasteiger partial charge in [-0.2, -0.15) is 0 Å². The lowest BCUT2D eigenvalue weighted by atomic mass is 10.2. The van der Waals surface area contributed by atoms with Crippen LogP contribution in [0.5, 0.6) is 0 Å². The smallest absolute Gasteiger partial charge is 0.271 e. The Bertz CT molecular complexity index is 600. The first-order chi connectivity index (χ1) is 9.06. The summed E-state index contributed by atoms with van der Waals surface area (Å²) in [6, 6.07) is 4.39. The highest BCUT2D eigenvalue weighted by molar-refractivity contribution is 7.09. The maximum atomic E-state index is 10.6. The summed E-state index contributed by atoms with van der Waals surface area (Å²) >= 11 is 7.60. The van der Waals surface area contributed by atoms with Gasteiger partial charge in [-0.15, -0.1) is 11.3 Å². The van der Waals surface area contributed by atoms with Crippen LogP contribution in [-0.2, 0) is 6.42 Å². The van der Waals surface area contributed by atoms with Crippen LogP contribution in [0.25, 0.3) is 0 Å². The maximum absolute atomic E-state index is 10.6. The van der Waals surface area contributed by atoms with Crippen molar-refractivity contribution in [2.75, 3.05) is 11.9 Å². The average Bonchev–Trinajstić information content (AvgIpc) is 2.77. The Morgan fingerprint density at radius 3 is 2.89 bits per heavy atom. The van der Waals surface area contributed by atoms with E-state index in [1.54, 1.807) is 17.4 Å². The monoisotopic (exact) mass is 297 g/mol. The summed E-state index contributed by atoms with van der Waals surface area (Å²) in [6.45, 7) is 2.65. The van der Waals surface area contributed by atoms with E-state index in [9.17, 15) is 10.1 Å². The number of hydrogen-bond donors (Lipinski definition) is 1. The van der Waals surface area contributed by atoms with Crippen LogP contribution in [0.4, 0.5) is 11.4 Å². The van der Waals surface area contributed by atoms with E-state index in [0.29, 0.717) is 17.3 Å². The van der Waals surface area contributed by atoms with E-state index < -0.39 is 4.92 Å². The van der Waals surface area contributed by atoms with Crippen LogP contribution in [0.15, 0.2) is 23.6 Å². The van der Waals surface area contributed by atoms with Crippen molar-refractivity contribution in [3.8, 4) is 0 Å². The Hall–Kier alpha value is -1.66. The molecule has 7 heteroatoms. The molecule has 1 aromatic heterocycles. The van der Waals surface area contributed by atoms with Crippen molar-refractivity contribution < 1.29 is 4.92 Å². The van der Waals surface area contributed by atoms with E-state index in [0.717, 1.165) is 17.1 Å². The molecule has 0 saturated heterocycles. The molecule has 2 rings (SSSR count). The second-order valence-corrected chi connectivity index (χ2v) is 5.43. The molecular weight excluding hydrogens is 286 g/mol. The minimum absolute atomic E-state index is 0.00863. The molecule has 1 heterocycles. The van der Waals surface area contributed by atoms with Gasteiger partial charge in [0, 0.05) is 30.5 Å².